The summed E-state index contributed by atoms with van der Waals surface area (Å²) in [5, 5.41) is 12.0. The van der Waals surface area contributed by atoms with Crippen LogP contribution in [0, 0.1) is 0 Å². The van der Waals surface area contributed by atoms with Crippen molar-refractivity contribution in [3.63, 3.8) is 0 Å². The maximum atomic E-state index is 12.9. The van der Waals surface area contributed by atoms with Gasteiger partial charge in [0.15, 0.2) is 11.5 Å². The van der Waals surface area contributed by atoms with E-state index >= 15 is 0 Å². The predicted octanol–water partition coefficient (Wildman–Crippen LogP) is 6.37. The van der Waals surface area contributed by atoms with E-state index < -0.39 is 0 Å². The molecular weight excluding hydrogens is 590 g/mol. The van der Waals surface area contributed by atoms with Crippen molar-refractivity contribution in [2.75, 3.05) is 32.6 Å². The van der Waals surface area contributed by atoms with Crippen LogP contribution in [0.15, 0.2) is 91.1 Å². The second kappa shape index (κ2) is 13.8. The third-order valence-electron chi connectivity index (χ3n) is 7.85. The summed E-state index contributed by atoms with van der Waals surface area (Å²) < 4.78 is 18.7. The van der Waals surface area contributed by atoms with Crippen molar-refractivity contribution in [3.8, 4) is 22.9 Å². The summed E-state index contributed by atoms with van der Waals surface area (Å²) in [6.07, 6.45) is 3.77. The lowest BCUT2D eigenvalue weighted by atomic mass is 9.98. The van der Waals surface area contributed by atoms with Gasteiger partial charge in [0.1, 0.15) is 18.1 Å². The molecule has 0 unspecified atom stereocenters. The number of para-hydroxylation sites is 1. The lowest BCUT2D eigenvalue weighted by Crippen LogP contribution is -2.32. The van der Waals surface area contributed by atoms with Crippen molar-refractivity contribution in [3.05, 3.63) is 124 Å². The van der Waals surface area contributed by atoms with Gasteiger partial charge in [-0.3, -0.25) is 9.69 Å². The first kappa shape index (κ1) is 30.2. The Balaban J connectivity index is 1.03. The highest BCUT2D eigenvalue weighted by Crippen LogP contribution is 2.33. The molecule has 45 heavy (non-hydrogen) atoms. The van der Waals surface area contributed by atoms with Crippen LogP contribution in [-0.4, -0.2) is 53.1 Å². The molecule has 1 aromatic heterocycles. The van der Waals surface area contributed by atoms with Crippen LogP contribution >= 0.6 is 11.6 Å². The van der Waals surface area contributed by atoms with Crippen molar-refractivity contribution in [2.24, 2.45) is 0 Å². The van der Waals surface area contributed by atoms with Gasteiger partial charge in [0.2, 0.25) is 0 Å². The number of carbonyl (C=O) groups is 1. The Morgan fingerprint density at radius 2 is 1.69 bits per heavy atom. The number of nitrogens with one attached hydrogen (secondary N) is 1. The Bertz CT molecular complexity index is 1790. The number of anilines is 1. The van der Waals surface area contributed by atoms with Gasteiger partial charge in [-0.1, -0.05) is 47.1 Å². The molecule has 0 fully saturated rings. The molecule has 0 saturated carbocycles. The molecule has 4 aromatic carbocycles. The van der Waals surface area contributed by atoms with Crippen LogP contribution < -0.4 is 19.5 Å². The van der Waals surface area contributed by atoms with Crippen LogP contribution in [0.25, 0.3) is 5.69 Å². The number of methoxy groups -OCH3 is 2. The monoisotopic (exact) mass is 623 g/mol. The molecule has 9 nitrogen and oxygen atoms in total. The number of amides is 1. The van der Waals surface area contributed by atoms with Gasteiger partial charge in [-0.2, -0.15) is 0 Å². The van der Waals surface area contributed by atoms with Crippen LogP contribution in [0.1, 0.15) is 32.7 Å². The summed E-state index contributed by atoms with van der Waals surface area (Å²) in [5.74, 6) is 1.73. The third-order valence-corrected chi connectivity index (χ3v) is 8.08. The topological polar surface area (TPSA) is 90.7 Å². The Morgan fingerprint density at radius 1 is 0.911 bits per heavy atom. The van der Waals surface area contributed by atoms with Gasteiger partial charge in [0, 0.05) is 30.3 Å². The van der Waals surface area contributed by atoms with Gasteiger partial charge < -0.3 is 19.5 Å². The molecule has 0 saturated heterocycles. The highest BCUT2D eigenvalue weighted by molar-refractivity contribution is 6.31. The van der Waals surface area contributed by atoms with E-state index in [-0.39, 0.29) is 12.5 Å². The number of nitrogens with zero attached hydrogens (tertiary/aromatic N) is 4. The molecule has 1 aliphatic heterocycles. The molecule has 0 spiro atoms. The van der Waals surface area contributed by atoms with E-state index in [1.54, 1.807) is 61.4 Å². The summed E-state index contributed by atoms with van der Waals surface area (Å²) in [6.45, 7) is 3.05. The fraction of sp³-hybridized carbons (Fsp3) is 0.229. The van der Waals surface area contributed by atoms with Gasteiger partial charge in [-0.05, 0) is 84.1 Å². The molecule has 1 amide bonds. The van der Waals surface area contributed by atoms with E-state index in [0.29, 0.717) is 27.7 Å². The average Bonchev–Trinajstić information content (AvgIpc) is 3.55. The van der Waals surface area contributed by atoms with E-state index in [9.17, 15) is 4.79 Å². The van der Waals surface area contributed by atoms with Crippen molar-refractivity contribution >= 4 is 23.2 Å². The molecule has 1 aliphatic rings. The number of halogens is 1. The molecule has 0 aliphatic carbocycles. The zero-order chi connectivity index (χ0) is 31.2. The van der Waals surface area contributed by atoms with Gasteiger partial charge in [-0.15, -0.1) is 5.10 Å². The van der Waals surface area contributed by atoms with Crippen LogP contribution in [-0.2, 0) is 26.0 Å². The molecule has 230 valence electrons. The predicted molar refractivity (Wildman–Crippen MR) is 174 cm³/mol. The number of fused-ring (bicyclic) bond motifs is 1. The van der Waals surface area contributed by atoms with Crippen molar-refractivity contribution in [2.45, 2.75) is 26.0 Å². The van der Waals surface area contributed by atoms with E-state index in [1.807, 2.05) is 24.4 Å². The highest BCUT2D eigenvalue weighted by atomic mass is 35.5. The van der Waals surface area contributed by atoms with Crippen LogP contribution in [0.4, 0.5) is 5.69 Å². The Hall–Kier alpha value is -4.86. The van der Waals surface area contributed by atoms with E-state index in [4.69, 9.17) is 25.8 Å². The quantitative estimate of drug-likeness (QED) is 0.183. The summed E-state index contributed by atoms with van der Waals surface area (Å²) in [7, 11) is 3.35. The number of hydrogen-bond acceptors (Lipinski definition) is 7. The number of carbonyl (C=O) groups excluding carboxylic acids is 1. The number of aromatic nitrogens is 3. The smallest absolute Gasteiger partial charge is 0.259 e. The molecule has 0 atom stereocenters. The first-order valence-corrected chi connectivity index (χ1v) is 15.1. The zero-order valence-electron chi connectivity index (χ0n) is 25.2. The first-order chi connectivity index (χ1) is 22.0. The van der Waals surface area contributed by atoms with Crippen LogP contribution in [0.5, 0.6) is 17.2 Å². The number of hydrogen-bond donors (Lipinski definition) is 1. The van der Waals surface area contributed by atoms with Gasteiger partial charge in [-0.25, -0.2) is 4.68 Å². The fourth-order valence-electron chi connectivity index (χ4n) is 5.42. The van der Waals surface area contributed by atoms with Gasteiger partial charge in [0.05, 0.1) is 31.7 Å². The summed E-state index contributed by atoms with van der Waals surface area (Å²) >= 11 is 6.05. The molecule has 1 N–H and O–H groups in total. The summed E-state index contributed by atoms with van der Waals surface area (Å²) in [5.41, 5.74) is 6.45. The Kier molecular flexibility index (Phi) is 9.28. The molecule has 6 rings (SSSR count). The first-order valence-electron chi connectivity index (χ1n) is 14.7. The maximum Gasteiger partial charge on any atom is 0.259 e. The SMILES string of the molecule is COc1cc2c(cc1OC)CN(CCc1ccc(-n3cc(COc4ccccc4C(=O)Nc4cccc(Cl)c4)nn3)cc1)CC2. The Labute approximate surface area is 267 Å². The second-order valence-electron chi connectivity index (χ2n) is 10.8. The minimum atomic E-state index is -0.289. The maximum absolute atomic E-state index is 12.9. The third kappa shape index (κ3) is 7.28. The highest BCUT2D eigenvalue weighted by Gasteiger charge is 2.19. The van der Waals surface area contributed by atoms with Crippen molar-refractivity contribution < 1.29 is 19.0 Å². The largest absolute Gasteiger partial charge is 0.493 e. The molecule has 2 heterocycles. The standard InChI is InChI=1S/C35H34ClN5O4/c1-43-33-18-25-15-17-40(21-26(25)19-34(33)44-2)16-14-24-10-12-30(13-11-24)41-22-29(38-39-41)23-45-32-9-4-3-8-31(32)35(42)37-28-7-5-6-27(36)20-28/h3-13,18-20,22H,14-17,21,23H2,1-2H3,(H,37,42). The molecule has 0 radical (unpaired) electrons. The van der Waals surface area contributed by atoms with E-state index in [2.05, 4.69) is 44.8 Å². The summed E-state index contributed by atoms with van der Waals surface area (Å²) in [4.78, 5) is 15.4. The minimum absolute atomic E-state index is 0.164. The Morgan fingerprint density at radius 3 is 2.47 bits per heavy atom. The van der Waals surface area contributed by atoms with E-state index in [1.165, 1.54) is 16.7 Å². The van der Waals surface area contributed by atoms with Gasteiger partial charge >= 0.3 is 0 Å². The number of ether oxygens (including phenoxy) is 3. The molecule has 0 bridgehead atoms. The van der Waals surface area contributed by atoms with Crippen molar-refractivity contribution in [1.82, 2.24) is 19.9 Å². The minimum Gasteiger partial charge on any atom is -0.493 e. The van der Waals surface area contributed by atoms with Gasteiger partial charge in [0.25, 0.3) is 5.91 Å². The van der Waals surface area contributed by atoms with Crippen LogP contribution in [0.3, 0.4) is 0 Å². The lowest BCUT2D eigenvalue weighted by Gasteiger charge is -2.29. The average molecular weight is 624 g/mol. The van der Waals surface area contributed by atoms with Crippen LogP contribution in [0.2, 0.25) is 5.02 Å². The molecule has 5 aromatic rings. The zero-order valence-corrected chi connectivity index (χ0v) is 26.0. The lowest BCUT2D eigenvalue weighted by molar-refractivity contribution is 0.102. The second-order valence-corrected chi connectivity index (χ2v) is 11.3. The summed E-state index contributed by atoms with van der Waals surface area (Å²) in [6, 6.07) is 26.7. The molecular formula is C35H34ClN5O4. The molecule has 10 heteroatoms. The normalized spacial score (nSPS) is 12.8. The number of rotatable bonds is 11. The van der Waals surface area contributed by atoms with Crippen molar-refractivity contribution in [1.29, 1.82) is 0 Å². The number of benzene rings is 4. The fourth-order valence-corrected chi connectivity index (χ4v) is 5.61. The van der Waals surface area contributed by atoms with E-state index in [0.717, 1.165) is 49.7 Å².